The van der Waals surface area contributed by atoms with E-state index in [1.165, 1.54) is 0 Å². The summed E-state index contributed by atoms with van der Waals surface area (Å²) in [6.07, 6.45) is 4.07. The second-order valence-corrected chi connectivity index (χ2v) is 6.46. The lowest BCUT2D eigenvalue weighted by molar-refractivity contribution is 0.120. The van der Waals surface area contributed by atoms with Crippen LogP contribution in [0.15, 0.2) is 18.3 Å². The summed E-state index contributed by atoms with van der Waals surface area (Å²) in [5, 5.41) is 3.23. The number of hydrogen-bond donors (Lipinski definition) is 2. The first-order chi connectivity index (χ1) is 9.09. The SMILES string of the molecule is CCS(=O)(=O)Nc1ccc(NCC2CCCO2)cn1. The highest BCUT2D eigenvalue weighted by molar-refractivity contribution is 7.92. The summed E-state index contributed by atoms with van der Waals surface area (Å²) in [5.74, 6) is 0.373. The number of nitrogens with zero attached hydrogens (tertiary/aromatic N) is 1. The van der Waals surface area contributed by atoms with Crippen LogP contribution >= 0.6 is 0 Å². The number of pyridine rings is 1. The molecule has 1 aliphatic heterocycles. The molecule has 2 heterocycles. The van der Waals surface area contributed by atoms with E-state index >= 15 is 0 Å². The highest BCUT2D eigenvalue weighted by Gasteiger charge is 2.14. The number of aromatic nitrogens is 1. The number of nitrogens with one attached hydrogen (secondary N) is 2. The van der Waals surface area contributed by atoms with E-state index in [9.17, 15) is 8.42 Å². The van der Waals surface area contributed by atoms with Crippen LogP contribution in [0.25, 0.3) is 0 Å². The fourth-order valence-corrected chi connectivity index (χ4v) is 2.41. The van der Waals surface area contributed by atoms with Gasteiger partial charge in [0.25, 0.3) is 0 Å². The van der Waals surface area contributed by atoms with Crippen LogP contribution in [0.4, 0.5) is 11.5 Å². The molecule has 19 heavy (non-hydrogen) atoms. The van der Waals surface area contributed by atoms with Crippen LogP contribution in [0, 0.1) is 0 Å². The second-order valence-electron chi connectivity index (χ2n) is 4.45. The van der Waals surface area contributed by atoms with Gasteiger partial charge in [-0.25, -0.2) is 13.4 Å². The maximum absolute atomic E-state index is 11.4. The van der Waals surface area contributed by atoms with Gasteiger partial charge in [0.1, 0.15) is 5.82 Å². The summed E-state index contributed by atoms with van der Waals surface area (Å²) in [7, 11) is -3.26. The Morgan fingerprint density at radius 1 is 1.47 bits per heavy atom. The molecule has 2 N–H and O–H groups in total. The van der Waals surface area contributed by atoms with Crippen LogP contribution in [-0.2, 0) is 14.8 Å². The largest absolute Gasteiger partial charge is 0.381 e. The molecule has 0 bridgehead atoms. The monoisotopic (exact) mass is 285 g/mol. The molecular weight excluding hydrogens is 266 g/mol. The lowest BCUT2D eigenvalue weighted by atomic mass is 10.2. The first-order valence-electron chi connectivity index (χ1n) is 6.41. The molecule has 0 amide bonds. The standard InChI is InChI=1S/C12H19N3O3S/c1-2-19(16,17)15-12-6-5-10(8-14-12)13-9-11-4-3-7-18-11/h5-6,8,11,13H,2-4,7,9H2,1H3,(H,14,15). The van der Waals surface area contributed by atoms with Gasteiger partial charge in [-0.05, 0) is 31.9 Å². The van der Waals surface area contributed by atoms with Crippen LogP contribution in [0.1, 0.15) is 19.8 Å². The van der Waals surface area contributed by atoms with E-state index in [4.69, 9.17) is 4.74 Å². The summed E-state index contributed by atoms with van der Waals surface area (Å²) in [6.45, 7) is 3.17. The average molecular weight is 285 g/mol. The Kier molecular flexibility index (Phi) is 4.60. The molecule has 7 heteroatoms. The Labute approximate surface area is 113 Å². The molecule has 0 radical (unpaired) electrons. The van der Waals surface area contributed by atoms with E-state index in [1.807, 2.05) is 0 Å². The number of hydrogen-bond acceptors (Lipinski definition) is 5. The molecule has 106 valence electrons. The van der Waals surface area contributed by atoms with Crippen molar-refractivity contribution in [2.75, 3.05) is 28.9 Å². The average Bonchev–Trinajstić information content (AvgIpc) is 2.91. The molecule has 2 rings (SSSR count). The van der Waals surface area contributed by atoms with E-state index < -0.39 is 10.0 Å². The molecule has 1 aliphatic rings. The molecule has 0 aliphatic carbocycles. The van der Waals surface area contributed by atoms with Gasteiger partial charge in [0.05, 0.1) is 23.7 Å². The lowest BCUT2D eigenvalue weighted by Crippen LogP contribution is -2.18. The van der Waals surface area contributed by atoms with Crippen molar-refractivity contribution in [3.05, 3.63) is 18.3 Å². The van der Waals surface area contributed by atoms with Gasteiger partial charge in [-0.2, -0.15) is 0 Å². The Morgan fingerprint density at radius 3 is 2.89 bits per heavy atom. The van der Waals surface area contributed by atoms with Crippen LogP contribution in [0.5, 0.6) is 0 Å². The molecule has 0 spiro atoms. The minimum Gasteiger partial charge on any atom is -0.381 e. The fraction of sp³-hybridized carbons (Fsp3) is 0.583. The highest BCUT2D eigenvalue weighted by atomic mass is 32.2. The van der Waals surface area contributed by atoms with Gasteiger partial charge in [-0.1, -0.05) is 0 Å². The van der Waals surface area contributed by atoms with Gasteiger partial charge in [-0.3, -0.25) is 4.72 Å². The number of ether oxygens (including phenoxy) is 1. The van der Waals surface area contributed by atoms with Crippen molar-refractivity contribution in [1.82, 2.24) is 4.98 Å². The van der Waals surface area contributed by atoms with Gasteiger partial charge >= 0.3 is 0 Å². The number of rotatable bonds is 6. The van der Waals surface area contributed by atoms with E-state index in [1.54, 1.807) is 25.3 Å². The van der Waals surface area contributed by atoms with Crippen LogP contribution in [-0.4, -0.2) is 38.4 Å². The van der Waals surface area contributed by atoms with E-state index in [2.05, 4.69) is 15.0 Å². The zero-order valence-electron chi connectivity index (χ0n) is 10.9. The third kappa shape index (κ3) is 4.36. The highest BCUT2D eigenvalue weighted by Crippen LogP contribution is 2.15. The quantitative estimate of drug-likeness (QED) is 0.826. The summed E-state index contributed by atoms with van der Waals surface area (Å²) in [4.78, 5) is 4.06. The van der Waals surface area contributed by atoms with Crippen molar-refractivity contribution in [3.8, 4) is 0 Å². The van der Waals surface area contributed by atoms with Crippen molar-refractivity contribution < 1.29 is 13.2 Å². The summed E-state index contributed by atoms with van der Waals surface area (Å²) >= 11 is 0. The number of sulfonamides is 1. The Balaban J connectivity index is 1.87. The molecular formula is C12H19N3O3S. The Bertz CT molecular complexity index is 495. The zero-order chi connectivity index (χ0) is 13.7. The lowest BCUT2D eigenvalue weighted by Gasteiger charge is -2.12. The van der Waals surface area contributed by atoms with E-state index in [-0.39, 0.29) is 11.9 Å². The smallest absolute Gasteiger partial charge is 0.233 e. The summed E-state index contributed by atoms with van der Waals surface area (Å²) in [6, 6.07) is 3.44. The number of anilines is 2. The first-order valence-corrected chi connectivity index (χ1v) is 8.06. The zero-order valence-corrected chi connectivity index (χ0v) is 11.7. The van der Waals surface area contributed by atoms with E-state index in [0.29, 0.717) is 5.82 Å². The van der Waals surface area contributed by atoms with Gasteiger partial charge in [0.2, 0.25) is 10.0 Å². The van der Waals surface area contributed by atoms with Gasteiger partial charge < -0.3 is 10.1 Å². The minimum atomic E-state index is -3.26. The Hall–Kier alpha value is -1.34. The van der Waals surface area contributed by atoms with Crippen molar-refractivity contribution in [1.29, 1.82) is 0 Å². The molecule has 1 saturated heterocycles. The van der Waals surface area contributed by atoms with Crippen molar-refractivity contribution in [2.45, 2.75) is 25.9 Å². The third-order valence-electron chi connectivity index (χ3n) is 2.96. The molecule has 1 fully saturated rings. The third-order valence-corrected chi connectivity index (χ3v) is 4.24. The predicted octanol–water partition coefficient (Wildman–Crippen LogP) is 1.43. The maximum atomic E-state index is 11.4. The molecule has 1 unspecified atom stereocenters. The van der Waals surface area contributed by atoms with Crippen molar-refractivity contribution in [2.24, 2.45) is 0 Å². The second kappa shape index (κ2) is 6.21. The topological polar surface area (TPSA) is 80.3 Å². The molecule has 0 aromatic carbocycles. The molecule has 0 saturated carbocycles. The molecule has 1 atom stereocenters. The van der Waals surface area contributed by atoms with Gasteiger partial charge in [-0.15, -0.1) is 0 Å². The molecule has 1 aromatic rings. The Morgan fingerprint density at radius 2 is 2.32 bits per heavy atom. The maximum Gasteiger partial charge on any atom is 0.233 e. The fourth-order valence-electron chi connectivity index (χ4n) is 1.83. The van der Waals surface area contributed by atoms with Crippen molar-refractivity contribution in [3.63, 3.8) is 0 Å². The van der Waals surface area contributed by atoms with Crippen LogP contribution in [0.2, 0.25) is 0 Å². The normalized spacial score (nSPS) is 19.3. The predicted molar refractivity (Wildman–Crippen MR) is 74.8 cm³/mol. The summed E-state index contributed by atoms with van der Waals surface area (Å²) in [5.41, 5.74) is 0.856. The van der Waals surface area contributed by atoms with E-state index in [0.717, 1.165) is 31.7 Å². The van der Waals surface area contributed by atoms with Gasteiger partial charge in [0, 0.05) is 13.2 Å². The molecule has 1 aromatic heterocycles. The summed E-state index contributed by atoms with van der Waals surface area (Å²) < 4.78 is 30.6. The first kappa shape index (κ1) is 14.1. The van der Waals surface area contributed by atoms with Gasteiger partial charge in [0.15, 0.2) is 0 Å². The van der Waals surface area contributed by atoms with Crippen LogP contribution in [0.3, 0.4) is 0 Å². The van der Waals surface area contributed by atoms with Crippen LogP contribution < -0.4 is 10.0 Å². The molecule has 6 nitrogen and oxygen atoms in total. The van der Waals surface area contributed by atoms with Crippen molar-refractivity contribution >= 4 is 21.5 Å². The minimum absolute atomic E-state index is 0.0354.